The monoisotopic (exact) mass is 316 g/mol. The van der Waals surface area contributed by atoms with Crippen molar-refractivity contribution in [3.8, 4) is 5.75 Å². The molecule has 23 heavy (non-hydrogen) atoms. The molecule has 1 aliphatic heterocycles. The van der Waals surface area contributed by atoms with E-state index < -0.39 is 0 Å². The summed E-state index contributed by atoms with van der Waals surface area (Å²) in [6.07, 6.45) is 6.18. The molecule has 0 saturated carbocycles. The Labute approximate surface area is 133 Å². The zero-order valence-electron chi connectivity index (χ0n) is 12.7. The summed E-state index contributed by atoms with van der Waals surface area (Å²) in [4.78, 5) is 18.3. The van der Waals surface area contributed by atoms with Gasteiger partial charge >= 0.3 is 0 Å². The lowest BCUT2D eigenvalue weighted by atomic mass is 10.2. The maximum Gasteiger partial charge on any atom is 0.276 e. The number of halogens is 1. The lowest BCUT2D eigenvalue weighted by Gasteiger charge is -2.22. The number of ether oxygens (including phenoxy) is 1. The second-order valence-corrected chi connectivity index (χ2v) is 5.23. The van der Waals surface area contributed by atoms with Gasteiger partial charge in [-0.2, -0.15) is 0 Å². The van der Waals surface area contributed by atoms with E-state index in [-0.39, 0.29) is 36.0 Å². The van der Waals surface area contributed by atoms with Gasteiger partial charge in [0.25, 0.3) is 5.91 Å². The van der Waals surface area contributed by atoms with E-state index in [2.05, 4.69) is 4.98 Å². The van der Waals surface area contributed by atoms with E-state index in [9.17, 15) is 9.18 Å². The molecule has 120 valence electrons. The van der Waals surface area contributed by atoms with E-state index in [4.69, 9.17) is 9.15 Å². The average molecular weight is 316 g/mol. The van der Waals surface area contributed by atoms with Crippen LogP contribution >= 0.6 is 0 Å². The molecule has 1 aromatic heterocycles. The van der Waals surface area contributed by atoms with Crippen molar-refractivity contribution < 1.29 is 18.3 Å². The van der Waals surface area contributed by atoms with Crippen molar-refractivity contribution in [2.24, 2.45) is 0 Å². The quantitative estimate of drug-likeness (QED) is 0.795. The largest absolute Gasteiger partial charge is 0.484 e. The molecule has 2 aromatic rings. The molecule has 0 bridgehead atoms. The third kappa shape index (κ3) is 3.41. The molecule has 6 heteroatoms. The van der Waals surface area contributed by atoms with Crippen LogP contribution in [0.4, 0.5) is 4.39 Å². The van der Waals surface area contributed by atoms with Crippen LogP contribution in [0.2, 0.25) is 0 Å². The Morgan fingerprint density at radius 2 is 2.39 bits per heavy atom. The second kappa shape index (κ2) is 6.64. The van der Waals surface area contributed by atoms with Gasteiger partial charge in [-0.15, -0.1) is 0 Å². The number of amides is 1. The lowest BCUT2D eigenvalue weighted by molar-refractivity contribution is 0.0741. The fourth-order valence-corrected chi connectivity index (χ4v) is 2.49. The minimum Gasteiger partial charge on any atom is -0.484 e. The first-order valence-corrected chi connectivity index (χ1v) is 7.47. The van der Waals surface area contributed by atoms with Gasteiger partial charge in [-0.3, -0.25) is 4.79 Å². The Balaban J connectivity index is 1.63. The molecular weight excluding hydrogens is 299 g/mol. The molecule has 1 aromatic carbocycles. The van der Waals surface area contributed by atoms with Crippen molar-refractivity contribution in [2.45, 2.75) is 26.0 Å². The Kier molecular flexibility index (Phi) is 4.41. The predicted molar refractivity (Wildman–Crippen MR) is 81.5 cm³/mol. The molecule has 3 rings (SSSR count). The fourth-order valence-electron chi connectivity index (χ4n) is 2.49. The average Bonchev–Trinajstić information content (AvgIpc) is 3.21. The number of rotatable bonds is 5. The molecule has 5 nitrogen and oxygen atoms in total. The van der Waals surface area contributed by atoms with Gasteiger partial charge in [0, 0.05) is 12.6 Å². The summed E-state index contributed by atoms with van der Waals surface area (Å²) in [5, 5.41) is 0. The van der Waals surface area contributed by atoms with Crippen LogP contribution in [0, 0.1) is 5.82 Å². The normalized spacial score (nSPS) is 16.8. The van der Waals surface area contributed by atoms with Crippen LogP contribution < -0.4 is 4.74 Å². The van der Waals surface area contributed by atoms with E-state index in [0.717, 1.165) is 6.42 Å². The highest BCUT2D eigenvalue weighted by molar-refractivity contribution is 5.92. The van der Waals surface area contributed by atoms with Crippen molar-refractivity contribution in [1.82, 2.24) is 9.88 Å². The second-order valence-electron chi connectivity index (χ2n) is 5.23. The van der Waals surface area contributed by atoms with Gasteiger partial charge in [0.1, 0.15) is 17.8 Å². The number of hydrogen-bond donors (Lipinski definition) is 0. The molecule has 0 N–H and O–H groups in total. The Hall–Kier alpha value is -2.63. The van der Waals surface area contributed by atoms with Crippen LogP contribution in [0.5, 0.6) is 5.75 Å². The molecule has 2 heterocycles. The van der Waals surface area contributed by atoms with Gasteiger partial charge in [-0.1, -0.05) is 25.1 Å². The summed E-state index contributed by atoms with van der Waals surface area (Å²) >= 11 is 0. The minimum absolute atomic E-state index is 0.0339. The fraction of sp³-hybridized carbons (Fsp3) is 0.294. The van der Waals surface area contributed by atoms with E-state index in [1.54, 1.807) is 17.0 Å². The van der Waals surface area contributed by atoms with Gasteiger partial charge in [0.05, 0.1) is 6.04 Å². The molecule has 1 amide bonds. The zero-order chi connectivity index (χ0) is 16.2. The Bertz CT molecular complexity index is 726. The maximum atomic E-state index is 13.1. The van der Waals surface area contributed by atoms with Crippen LogP contribution in [0.3, 0.4) is 0 Å². The maximum absolute atomic E-state index is 13.1. The van der Waals surface area contributed by atoms with Crippen molar-refractivity contribution >= 4 is 5.91 Å². The van der Waals surface area contributed by atoms with Crippen LogP contribution in [0.15, 0.2) is 47.1 Å². The van der Waals surface area contributed by atoms with Gasteiger partial charge < -0.3 is 14.1 Å². The number of carbonyl (C=O) groups excluding carboxylic acids is 1. The lowest BCUT2D eigenvalue weighted by Crippen LogP contribution is -2.35. The number of aromatic nitrogens is 1. The van der Waals surface area contributed by atoms with Crippen molar-refractivity contribution in [3.05, 3.63) is 60.1 Å². The standard InChI is InChI=1S/C17H17FN2O3/c1-2-13-6-4-8-20(13)17(21)15-10-23-16(19-15)11-22-14-7-3-5-12(18)9-14/h3-7,9-10,13H,2,8,11H2,1H3/t13-/m1/s1. The number of nitrogens with zero attached hydrogens (tertiary/aromatic N) is 2. The summed E-state index contributed by atoms with van der Waals surface area (Å²) < 4.78 is 23.7. The summed E-state index contributed by atoms with van der Waals surface area (Å²) in [5.41, 5.74) is 0.255. The highest BCUT2D eigenvalue weighted by atomic mass is 19.1. The van der Waals surface area contributed by atoms with Crippen LogP contribution in [0.1, 0.15) is 29.7 Å². The third-order valence-corrected chi connectivity index (χ3v) is 3.67. The van der Waals surface area contributed by atoms with E-state index in [1.165, 1.54) is 18.4 Å². The molecule has 0 aliphatic carbocycles. The van der Waals surface area contributed by atoms with Crippen LogP contribution in [-0.4, -0.2) is 28.4 Å². The number of carbonyl (C=O) groups is 1. The number of hydrogen-bond acceptors (Lipinski definition) is 4. The van der Waals surface area contributed by atoms with Crippen molar-refractivity contribution in [2.75, 3.05) is 6.54 Å². The van der Waals surface area contributed by atoms with E-state index >= 15 is 0 Å². The molecule has 0 saturated heterocycles. The Morgan fingerprint density at radius 3 is 3.17 bits per heavy atom. The minimum atomic E-state index is -0.377. The summed E-state index contributed by atoms with van der Waals surface area (Å²) in [6, 6.07) is 5.91. The van der Waals surface area contributed by atoms with Gasteiger partial charge in [0.2, 0.25) is 5.89 Å². The molecular formula is C17H17FN2O3. The summed E-state index contributed by atoms with van der Waals surface area (Å²) in [5.74, 6) is 0.115. The topological polar surface area (TPSA) is 55.6 Å². The molecule has 0 unspecified atom stereocenters. The van der Waals surface area contributed by atoms with E-state index in [0.29, 0.717) is 12.3 Å². The van der Waals surface area contributed by atoms with Gasteiger partial charge in [-0.25, -0.2) is 9.37 Å². The van der Waals surface area contributed by atoms with Gasteiger partial charge in [-0.05, 0) is 18.6 Å². The number of benzene rings is 1. The highest BCUT2D eigenvalue weighted by Gasteiger charge is 2.26. The predicted octanol–water partition coefficient (Wildman–Crippen LogP) is 3.18. The smallest absolute Gasteiger partial charge is 0.276 e. The first-order valence-electron chi connectivity index (χ1n) is 7.47. The van der Waals surface area contributed by atoms with Crippen molar-refractivity contribution in [1.29, 1.82) is 0 Å². The highest BCUT2D eigenvalue weighted by Crippen LogP contribution is 2.18. The van der Waals surface area contributed by atoms with Crippen LogP contribution in [0.25, 0.3) is 0 Å². The molecule has 0 spiro atoms. The number of oxazole rings is 1. The molecule has 0 fully saturated rings. The Morgan fingerprint density at radius 1 is 1.52 bits per heavy atom. The first kappa shape index (κ1) is 15.3. The van der Waals surface area contributed by atoms with Crippen LogP contribution in [-0.2, 0) is 6.61 Å². The van der Waals surface area contributed by atoms with E-state index in [1.807, 2.05) is 19.1 Å². The summed E-state index contributed by atoms with van der Waals surface area (Å²) in [7, 11) is 0. The molecule has 1 aliphatic rings. The first-order chi connectivity index (χ1) is 11.2. The van der Waals surface area contributed by atoms with Crippen molar-refractivity contribution in [3.63, 3.8) is 0 Å². The third-order valence-electron chi connectivity index (χ3n) is 3.67. The van der Waals surface area contributed by atoms with Gasteiger partial charge in [0.15, 0.2) is 12.3 Å². The SMILES string of the molecule is CC[C@@H]1C=CCN1C(=O)c1coc(COc2cccc(F)c2)n1. The molecule has 1 atom stereocenters. The molecule has 0 radical (unpaired) electrons. The summed E-state index contributed by atoms with van der Waals surface area (Å²) in [6.45, 7) is 2.65. The zero-order valence-corrected chi connectivity index (χ0v) is 12.7.